The molecular formula is C13H14BrClN2S. The molecule has 0 saturated heterocycles. The van der Waals surface area contributed by atoms with Gasteiger partial charge in [0.15, 0.2) is 5.82 Å². The van der Waals surface area contributed by atoms with Crippen molar-refractivity contribution in [3.63, 3.8) is 0 Å². The van der Waals surface area contributed by atoms with Gasteiger partial charge >= 0.3 is 0 Å². The molecule has 0 bridgehead atoms. The summed E-state index contributed by atoms with van der Waals surface area (Å²) in [6, 6.07) is 4.18. The van der Waals surface area contributed by atoms with E-state index in [1.165, 1.54) is 4.88 Å². The Morgan fingerprint density at radius 3 is 2.61 bits per heavy atom. The molecule has 0 radical (unpaired) electrons. The first-order chi connectivity index (χ1) is 8.52. The van der Waals surface area contributed by atoms with Crippen LogP contribution in [0.15, 0.2) is 16.6 Å². The van der Waals surface area contributed by atoms with Crippen LogP contribution >= 0.6 is 38.9 Å². The van der Waals surface area contributed by atoms with Gasteiger partial charge < -0.3 is 0 Å². The van der Waals surface area contributed by atoms with E-state index in [0.29, 0.717) is 11.1 Å². The standard InChI is InChI=1S/C13H14BrClN2S/c1-4-8-5-6-9(18-8)13-16-11(7(2)3)10(14)12(15)17-13/h5-7H,4H2,1-3H3. The second kappa shape index (κ2) is 5.68. The molecule has 96 valence electrons. The summed E-state index contributed by atoms with van der Waals surface area (Å²) in [5, 5.41) is 0.482. The second-order valence-corrected chi connectivity index (χ2v) is 6.63. The SMILES string of the molecule is CCc1ccc(-c2nc(Cl)c(Br)c(C(C)C)n2)s1. The zero-order valence-electron chi connectivity index (χ0n) is 10.5. The molecule has 2 aromatic heterocycles. The van der Waals surface area contributed by atoms with E-state index in [-0.39, 0.29) is 0 Å². The highest BCUT2D eigenvalue weighted by Crippen LogP contribution is 2.33. The van der Waals surface area contributed by atoms with Gasteiger partial charge in [-0.05, 0) is 40.4 Å². The lowest BCUT2D eigenvalue weighted by Gasteiger charge is -2.09. The van der Waals surface area contributed by atoms with Crippen molar-refractivity contribution in [2.24, 2.45) is 0 Å². The maximum absolute atomic E-state index is 6.16. The molecule has 2 rings (SSSR count). The Morgan fingerprint density at radius 2 is 2.06 bits per heavy atom. The minimum atomic E-state index is 0.309. The summed E-state index contributed by atoms with van der Waals surface area (Å²) in [7, 11) is 0. The number of hydrogen-bond donors (Lipinski definition) is 0. The van der Waals surface area contributed by atoms with Crippen molar-refractivity contribution < 1.29 is 0 Å². The molecule has 0 aromatic carbocycles. The Hall–Kier alpha value is -0.450. The molecule has 0 aliphatic carbocycles. The third-order valence-corrected chi connectivity index (χ3v) is 5.12. The second-order valence-electron chi connectivity index (χ2n) is 4.31. The van der Waals surface area contributed by atoms with Crippen LogP contribution in [0.4, 0.5) is 0 Å². The highest BCUT2D eigenvalue weighted by Gasteiger charge is 2.15. The van der Waals surface area contributed by atoms with Crippen molar-refractivity contribution in [2.75, 3.05) is 0 Å². The molecule has 2 nitrogen and oxygen atoms in total. The van der Waals surface area contributed by atoms with Crippen molar-refractivity contribution in [3.05, 3.63) is 32.3 Å². The van der Waals surface area contributed by atoms with Crippen LogP contribution in [0.5, 0.6) is 0 Å². The Balaban J connectivity index is 2.51. The van der Waals surface area contributed by atoms with Crippen molar-refractivity contribution in [3.8, 4) is 10.7 Å². The van der Waals surface area contributed by atoms with Crippen LogP contribution in [-0.4, -0.2) is 9.97 Å². The lowest BCUT2D eigenvalue weighted by atomic mass is 10.1. The highest BCUT2D eigenvalue weighted by molar-refractivity contribution is 9.10. The molecule has 18 heavy (non-hydrogen) atoms. The van der Waals surface area contributed by atoms with Crippen molar-refractivity contribution >= 4 is 38.9 Å². The van der Waals surface area contributed by atoms with Gasteiger partial charge in [-0.2, -0.15) is 0 Å². The van der Waals surface area contributed by atoms with Gasteiger partial charge in [-0.3, -0.25) is 0 Å². The van der Waals surface area contributed by atoms with Crippen LogP contribution in [0.3, 0.4) is 0 Å². The molecule has 2 heterocycles. The summed E-state index contributed by atoms with van der Waals surface area (Å²) in [6.07, 6.45) is 1.03. The Morgan fingerprint density at radius 1 is 1.33 bits per heavy atom. The van der Waals surface area contributed by atoms with Gasteiger partial charge in [0.25, 0.3) is 0 Å². The monoisotopic (exact) mass is 344 g/mol. The third kappa shape index (κ3) is 2.76. The van der Waals surface area contributed by atoms with E-state index in [4.69, 9.17) is 11.6 Å². The van der Waals surface area contributed by atoms with E-state index in [2.05, 4.69) is 58.8 Å². The van der Waals surface area contributed by atoms with E-state index >= 15 is 0 Å². The van der Waals surface area contributed by atoms with Gasteiger partial charge in [-0.1, -0.05) is 32.4 Å². The Kier molecular flexibility index (Phi) is 4.41. The number of hydrogen-bond acceptors (Lipinski definition) is 3. The maximum Gasteiger partial charge on any atom is 0.171 e. The molecule has 0 fully saturated rings. The molecule has 0 aliphatic rings. The summed E-state index contributed by atoms with van der Waals surface area (Å²) < 4.78 is 0.801. The molecule has 0 aliphatic heterocycles. The van der Waals surface area contributed by atoms with Gasteiger partial charge in [0.05, 0.1) is 15.0 Å². The van der Waals surface area contributed by atoms with Crippen LogP contribution in [0.1, 0.15) is 37.3 Å². The lowest BCUT2D eigenvalue weighted by molar-refractivity contribution is 0.810. The maximum atomic E-state index is 6.16. The molecular weight excluding hydrogens is 332 g/mol. The smallest absolute Gasteiger partial charge is 0.171 e. The number of nitrogens with zero attached hydrogens (tertiary/aromatic N) is 2. The molecule has 0 amide bonds. The number of aryl methyl sites for hydroxylation is 1. The molecule has 0 unspecified atom stereocenters. The predicted octanol–water partition coefficient (Wildman–Crippen LogP) is 5.31. The van der Waals surface area contributed by atoms with Crippen LogP contribution < -0.4 is 0 Å². The van der Waals surface area contributed by atoms with Crippen molar-refractivity contribution in [1.82, 2.24) is 9.97 Å². The van der Waals surface area contributed by atoms with E-state index in [1.54, 1.807) is 11.3 Å². The third-order valence-electron chi connectivity index (χ3n) is 2.61. The zero-order chi connectivity index (χ0) is 13.3. The summed E-state index contributed by atoms with van der Waals surface area (Å²) in [5.74, 6) is 1.03. The highest BCUT2D eigenvalue weighted by atomic mass is 79.9. The number of aromatic nitrogens is 2. The van der Waals surface area contributed by atoms with Gasteiger partial charge in [-0.25, -0.2) is 9.97 Å². The van der Waals surface area contributed by atoms with Crippen LogP contribution in [0, 0.1) is 0 Å². The first-order valence-electron chi connectivity index (χ1n) is 5.85. The van der Waals surface area contributed by atoms with Gasteiger partial charge in [-0.15, -0.1) is 11.3 Å². The summed E-state index contributed by atoms with van der Waals surface area (Å²) in [6.45, 7) is 6.34. The largest absolute Gasteiger partial charge is 0.231 e. The fourth-order valence-electron chi connectivity index (χ4n) is 1.62. The normalized spacial score (nSPS) is 11.2. The van der Waals surface area contributed by atoms with Crippen molar-refractivity contribution in [2.45, 2.75) is 33.1 Å². The quantitative estimate of drug-likeness (QED) is 0.705. The topological polar surface area (TPSA) is 25.8 Å². The van der Waals surface area contributed by atoms with E-state index < -0.39 is 0 Å². The minimum Gasteiger partial charge on any atom is -0.231 e. The number of thiophene rings is 1. The Bertz CT molecular complexity index is 566. The molecule has 2 aromatic rings. The summed E-state index contributed by atoms with van der Waals surface area (Å²) in [4.78, 5) is 11.4. The van der Waals surface area contributed by atoms with Crippen LogP contribution in [-0.2, 0) is 6.42 Å². The average Bonchev–Trinajstić information content (AvgIpc) is 2.80. The van der Waals surface area contributed by atoms with Crippen molar-refractivity contribution in [1.29, 1.82) is 0 Å². The fourth-order valence-corrected chi connectivity index (χ4v) is 3.31. The van der Waals surface area contributed by atoms with Crippen LogP contribution in [0.25, 0.3) is 10.7 Å². The van der Waals surface area contributed by atoms with Gasteiger partial charge in [0, 0.05) is 4.88 Å². The van der Waals surface area contributed by atoms with E-state index in [1.807, 2.05) is 0 Å². The number of rotatable bonds is 3. The fraction of sp³-hybridized carbons (Fsp3) is 0.385. The first-order valence-corrected chi connectivity index (χ1v) is 7.83. The molecule has 5 heteroatoms. The lowest BCUT2D eigenvalue weighted by Crippen LogP contribution is -1.99. The first kappa shape index (κ1) is 14.0. The summed E-state index contributed by atoms with van der Waals surface area (Å²) >= 11 is 11.3. The van der Waals surface area contributed by atoms with Gasteiger partial charge in [0.2, 0.25) is 0 Å². The molecule has 0 atom stereocenters. The molecule has 0 spiro atoms. The van der Waals surface area contributed by atoms with E-state index in [9.17, 15) is 0 Å². The Labute approximate surface area is 125 Å². The van der Waals surface area contributed by atoms with Gasteiger partial charge in [0.1, 0.15) is 5.15 Å². The molecule has 0 N–H and O–H groups in total. The average molecular weight is 346 g/mol. The van der Waals surface area contributed by atoms with Crippen LogP contribution in [0.2, 0.25) is 5.15 Å². The zero-order valence-corrected chi connectivity index (χ0v) is 13.7. The predicted molar refractivity (Wildman–Crippen MR) is 81.5 cm³/mol. The summed E-state index contributed by atoms with van der Waals surface area (Å²) in [5.41, 5.74) is 0.955. The number of halogens is 2. The van der Waals surface area contributed by atoms with E-state index in [0.717, 1.165) is 27.3 Å². The minimum absolute atomic E-state index is 0.309. The molecule has 0 saturated carbocycles.